The number of hydrogen-bond donors (Lipinski definition) is 2. The lowest BCUT2D eigenvalue weighted by atomic mass is 10.3. The van der Waals surface area contributed by atoms with E-state index in [0.29, 0.717) is 29.3 Å². The van der Waals surface area contributed by atoms with E-state index in [9.17, 15) is 0 Å². The summed E-state index contributed by atoms with van der Waals surface area (Å²) in [7, 11) is 0. The van der Waals surface area contributed by atoms with E-state index in [1.807, 2.05) is 6.07 Å². The van der Waals surface area contributed by atoms with Crippen LogP contribution in [0.2, 0.25) is 5.02 Å². The smallest absolute Gasteiger partial charge is 0.237 e. The van der Waals surface area contributed by atoms with Crippen molar-refractivity contribution >= 4 is 17.5 Å². The summed E-state index contributed by atoms with van der Waals surface area (Å²) in [5, 5.41) is 15.3. The van der Waals surface area contributed by atoms with E-state index >= 15 is 0 Å². The highest BCUT2D eigenvalue weighted by molar-refractivity contribution is 6.31. The van der Waals surface area contributed by atoms with Crippen LogP contribution < -0.4 is 15.4 Å². The van der Waals surface area contributed by atoms with E-state index in [1.54, 1.807) is 0 Å². The quantitative estimate of drug-likeness (QED) is 0.780. The maximum Gasteiger partial charge on any atom is 0.237 e. The third-order valence-corrected chi connectivity index (χ3v) is 2.82. The van der Waals surface area contributed by atoms with Crippen LogP contribution in [0.1, 0.15) is 12.8 Å². The number of nitriles is 1. The highest BCUT2D eigenvalue weighted by Gasteiger charge is 2.16. The molecule has 1 atom stereocenters. The molecule has 2 N–H and O–H groups in total. The van der Waals surface area contributed by atoms with Gasteiger partial charge in [0.15, 0.2) is 0 Å². The van der Waals surface area contributed by atoms with E-state index < -0.39 is 0 Å². The number of anilines is 1. The molecule has 2 heterocycles. The van der Waals surface area contributed by atoms with E-state index in [2.05, 4.69) is 20.6 Å². The van der Waals surface area contributed by atoms with Gasteiger partial charge in [0.2, 0.25) is 11.8 Å². The molecule has 1 saturated heterocycles. The molecule has 0 spiro atoms. The second-order valence-corrected chi connectivity index (χ2v) is 4.34. The molecule has 0 unspecified atom stereocenters. The molecule has 18 heavy (non-hydrogen) atoms. The van der Waals surface area contributed by atoms with Gasteiger partial charge in [0, 0.05) is 12.6 Å². The molecule has 1 aromatic heterocycles. The first-order valence-electron chi connectivity index (χ1n) is 5.79. The molecule has 6 nitrogen and oxygen atoms in total. The number of nitrogens with zero attached hydrogens (tertiary/aromatic N) is 3. The van der Waals surface area contributed by atoms with Gasteiger partial charge in [-0.1, -0.05) is 11.6 Å². The van der Waals surface area contributed by atoms with Crippen LogP contribution in [0.4, 0.5) is 5.95 Å². The summed E-state index contributed by atoms with van der Waals surface area (Å²) in [6, 6.07) is 2.33. The number of rotatable bonds is 5. The molecule has 1 aliphatic heterocycles. The van der Waals surface area contributed by atoms with Crippen LogP contribution in [-0.4, -0.2) is 35.7 Å². The minimum absolute atomic E-state index is 0.275. The number of halogens is 1. The van der Waals surface area contributed by atoms with Gasteiger partial charge >= 0.3 is 0 Å². The predicted molar refractivity (Wildman–Crippen MR) is 67.7 cm³/mol. The molecule has 2 rings (SSSR count). The minimum atomic E-state index is 0.275. The summed E-state index contributed by atoms with van der Waals surface area (Å²) in [5.74, 6) is 0.815. The third-order valence-electron chi connectivity index (χ3n) is 2.56. The summed E-state index contributed by atoms with van der Waals surface area (Å²) < 4.78 is 5.32. The molecule has 96 valence electrons. The van der Waals surface area contributed by atoms with Crippen molar-refractivity contribution in [2.75, 3.05) is 25.0 Å². The Labute approximate surface area is 110 Å². The predicted octanol–water partition coefficient (Wildman–Crippen LogP) is 1.20. The fraction of sp³-hybridized carbons (Fsp3) is 0.545. The molecule has 0 bridgehead atoms. The molecule has 0 aliphatic carbocycles. The van der Waals surface area contributed by atoms with Gasteiger partial charge in [-0.15, -0.1) is 0 Å². The standard InChI is InChI=1S/C11H14ClN5O/c12-9-7-15-11(16-8-2-4-14-6-8)17-10(9)18-5-1-3-13/h7-8,14H,1-2,4-6H2,(H,15,16,17)/t8-/m1/s1. The maximum atomic E-state index is 8.44. The van der Waals surface area contributed by atoms with Crippen molar-refractivity contribution in [3.05, 3.63) is 11.2 Å². The van der Waals surface area contributed by atoms with Crippen LogP contribution in [0.5, 0.6) is 5.88 Å². The van der Waals surface area contributed by atoms with Gasteiger partial charge in [0.25, 0.3) is 0 Å². The lowest BCUT2D eigenvalue weighted by Gasteiger charge is -2.12. The molecule has 0 amide bonds. The summed E-state index contributed by atoms with van der Waals surface area (Å²) in [6.07, 6.45) is 2.84. The zero-order chi connectivity index (χ0) is 12.8. The largest absolute Gasteiger partial charge is 0.475 e. The van der Waals surface area contributed by atoms with Crippen LogP contribution in [-0.2, 0) is 0 Å². The minimum Gasteiger partial charge on any atom is -0.475 e. The number of hydrogen-bond acceptors (Lipinski definition) is 6. The first-order chi connectivity index (χ1) is 8.79. The zero-order valence-corrected chi connectivity index (χ0v) is 10.6. The van der Waals surface area contributed by atoms with Gasteiger partial charge < -0.3 is 15.4 Å². The Bertz CT molecular complexity index is 442. The maximum absolute atomic E-state index is 8.44. The van der Waals surface area contributed by atoms with Crippen LogP contribution in [0.25, 0.3) is 0 Å². The molecule has 1 fully saturated rings. The Hall–Kier alpha value is -1.58. The van der Waals surface area contributed by atoms with Gasteiger partial charge in [-0.05, 0) is 13.0 Å². The Balaban J connectivity index is 1.98. The molecule has 7 heteroatoms. The summed E-state index contributed by atoms with van der Waals surface area (Å²) >= 11 is 5.92. The summed E-state index contributed by atoms with van der Waals surface area (Å²) in [4.78, 5) is 8.30. The Morgan fingerprint density at radius 3 is 3.28 bits per heavy atom. The Morgan fingerprint density at radius 1 is 1.67 bits per heavy atom. The van der Waals surface area contributed by atoms with Gasteiger partial charge in [0.1, 0.15) is 11.6 Å². The lowest BCUT2D eigenvalue weighted by molar-refractivity contribution is 0.314. The van der Waals surface area contributed by atoms with Crippen LogP contribution in [0, 0.1) is 11.3 Å². The van der Waals surface area contributed by atoms with Crippen molar-refractivity contribution in [1.82, 2.24) is 15.3 Å². The molecular weight excluding hydrogens is 254 g/mol. The van der Waals surface area contributed by atoms with E-state index in [4.69, 9.17) is 21.6 Å². The molecule has 0 aromatic carbocycles. The molecule has 1 aliphatic rings. The second-order valence-electron chi connectivity index (χ2n) is 3.94. The average molecular weight is 268 g/mol. The topological polar surface area (TPSA) is 82.9 Å². The zero-order valence-electron chi connectivity index (χ0n) is 9.82. The van der Waals surface area contributed by atoms with Crippen molar-refractivity contribution in [2.45, 2.75) is 18.9 Å². The van der Waals surface area contributed by atoms with Gasteiger partial charge in [-0.25, -0.2) is 4.98 Å². The van der Waals surface area contributed by atoms with Crippen molar-refractivity contribution in [2.24, 2.45) is 0 Å². The molecule has 0 saturated carbocycles. The highest BCUT2D eigenvalue weighted by atomic mass is 35.5. The van der Waals surface area contributed by atoms with Crippen LogP contribution in [0.15, 0.2) is 6.20 Å². The molecule has 1 aromatic rings. The van der Waals surface area contributed by atoms with E-state index in [-0.39, 0.29) is 6.61 Å². The third kappa shape index (κ3) is 3.45. The summed E-state index contributed by atoms with van der Waals surface area (Å²) in [5.41, 5.74) is 0. The van der Waals surface area contributed by atoms with Gasteiger partial charge in [-0.2, -0.15) is 10.2 Å². The fourth-order valence-electron chi connectivity index (χ4n) is 1.68. The SMILES string of the molecule is N#CCCOc1nc(N[C@@H]2CCNC2)ncc1Cl. The first kappa shape index (κ1) is 12.9. The molecule has 0 radical (unpaired) electrons. The highest BCUT2D eigenvalue weighted by Crippen LogP contribution is 2.22. The summed E-state index contributed by atoms with van der Waals surface area (Å²) in [6.45, 7) is 2.17. The average Bonchev–Trinajstić information content (AvgIpc) is 2.86. The Kier molecular flexibility index (Phi) is 4.56. The van der Waals surface area contributed by atoms with E-state index in [1.165, 1.54) is 6.20 Å². The Morgan fingerprint density at radius 2 is 2.56 bits per heavy atom. The molecular formula is C11H14ClN5O. The van der Waals surface area contributed by atoms with Crippen molar-refractivity contribution in [3.63, 3.8) is 0 Å². The van der Waals surface area contributed by atoms with Crippen molar-refractivity contribution < 1.29 is 4.74 Å². The van der Waals surface area contributed by atoms with Crippen molar-refractivity contribution in [1.29, 1.82) is 5.26 Å². The number of ether oxygens (including phenoxy) is 1. The van der Waals surface area contributed by atoms with Crippen LogP contribution >= 0.6 is 11.6 Å². The number of aromatic nitrogens is 2. The van der Waals surface area contributed by atoms with Gasteiger partial charge in [0.05, 0.1) is 18.7 Å². The number of nitrogens with one attached hydrogen (secondary N) is 2. The van der Waals surface area contributed by atoms with Gasteiger partial charge in [-0.3, -0.25) is 0 Å². The normalized spacial score (nSPS) is 18.3. The van der Waals surface area contributed by atoms with E-state index in [0.717, 1.165) is 19.5 Å². The first-order valence-corrected chi connectivity index (χ1v) is 6.17. The fourth-order valence-corrected chi connectivity index (χ4v) is 1.82. The lowest BCUT2D eigenvalue weighted by Crippen LogP contribution is -2.23. The van der Waals surface area contributed by atoms with Crippen LogP contribution in [0.3, 0.4) is 0 Å². The second kappa shape index (κ2) is 6.38. The monoisotopic (exact) mass is 267 g/mol. The van der Waals surface area contributed by atoms with Crippen molar-refractivity contribution in [3.8, 4) is 11.9 Å².